The number of halogens is 1. The third-order valence-corrected chi connectivity index (χ3v) is 4.71. The van der Waals surface area contributed by atoms with Gasteiger partial charge in [0.15, 0.2) is 6.54 Å². The van der Waals surface area contributed by atoms with Gasteiger partial charge in [-0.15, -0.1) is 0 Å². The first-order valence-electron chi connectivity index (χ1n) is 8.53. The first kappa shape index (κ1) is 16.7. The van der Waals surface area contributed by atoms with E-state index in [-0.39, 0.29) is 17.8 Å². The lowest BCUT2D eigenvalue weighted by Crippen LogP contribution is -2.88. The van der Waals surface area contributed by atoms with Crippen LogP contribution >= 0.6 is 0 Å². The van der Waals surface area contributed by atoms with E-state index in [1.165, 1.54) is 17.7 Å². The van der Waals surface area contributed by atoms with Crippen LogP contribution in [0.5, 0.6) is 0 Å². The van der Waals surface area contributed by atoms with Crippen molar-refractivity contribution in [2.75, 3.05) is 18.0 Å². The van der Waals surface area contributed by atoms with E-state index in [9.17, 15) is 9.18 Å². The van der Waals surface area contributed by atoms with Crippen LogP contribution in [0.1, 0.15) is 31.0 Å². The summed E-state index contributed by atoms with van der Waals surface area (Å²) >= 11 is 0. The zero-order valence-corrected chi connectivity index (χ0v) is 14.2. The standard InChI is InChI=1S/C20H23FN2O/c1-14(2)20(16-7-9-17(21)10-8-16)22-13-19(24)23-12-11-15-5-3-4-6-18(15)23/h3-10,14,20,22H,11-13H2,1-2H3/p+1/t20-/m1/s1. The second-order valence-electron chi connectivity index (χ2n) is 6.69. The van der Waals surface area contributed by atoms with Crippen LogP contribution in [-0.4, -0.2) is 19.0 Å². The Morgan fingerprint density at radius 3 is 2.58 bits per heavy atom. The Morgan fingerprint density at radius 2 is 1.88 bits per heavy atom. The second-order valence-corrected chi connectivity index (χ2v) is 6.69. The summed E-state index contributed by atoms with van der Waals surface area (Å²) in [4.78, 5) is 14.5. The number of anilines is 1. The molecule has 0 aromatic heterocycles. The number of para-hydroxylation sites is 1. The molecule has 2 aromatic rings. The molecular weight excluding hydrogens is 303 g/mol. The van der Waals surface area contributed by atoms with E-state index in [0.29, 0.717) is 12.5 Å². The van der Waals surface area contributed by atoms with Crippen molar-refractivity contribution in [3.63, 3.8) is 0 Å². The molecule has 4 heteroatoms. The SMILES string of the molecule is CC(C)[C@@H]([NH2+]CC(=O)N1CCc2ccccc21)c1ccc(F)cc1. The lowest BCUT2D eigenvalue weighted by atomic mass is 9.96. The highest BCUT2D eigenvalue weighted by Gasteiger charge is 2.27. The van der Waals surface area contributed by atoms with Gasteiger partial charge in [-0.2, -0.15) is 0 Å². The molecule has 0 aliphatic carbocycles. The summed E-state index contributed by atoms with van der Waals surface area (Å²) < 4.78 is 13.1. The largest absolute Gasteiger partial charge is 0.332 e. The number of nitrogens with two attached hydrogens (primary N) is 1. The van der Waals surface area contributed by atoms with E-state index >= 15 is 0 Å². The Morgan fingerprint density at radius 1 is 1.17 bits per heavy atom. The average molecular weight is 327 g/mol. The number of amides is 1. The molecule has 3 rings (SSSR count). The summed E-state index contributed by atoms with van der Waals surface area (Å²) in [5.74, 6) is 0.257. The van der Waals surface area contributed by atoms with Crippen molar-refractivity contribution in [3.8, 4) is 0 Å². The summed E-state index contributed by atoms with van der Waals surface area (Å²) in [6.07, 6.45) is 0.924. The molecule has 2 aromatic carbocycles. The van der Waals surface area contributed by atoms with Gasteiger partial charge < -0.3 is 10.2 Å². The fourth-order valence-corrected chi connectivity index (χ4v) is 3.41. The topological polar surface area (TPSA) is 36.9 Å². The molecule has 0 saturated heterocycles. The van der Waals surface area contributed by atoms with E-state index in [2.05, 4.69) is 25.2 Å². The molecule has 0 saturated carbocycles. The number of carbonyl (C=O) groups excluding carboxylic acids is 1. The minimum absolute atomic E-state index is 0.132. The summed E-state index contributed by atoms with van der Waals surface area (Å²) in [6, 6.07) is 14.8. The van der Waals surface area contributed by atoms with Gasteiger partial charge in [0.25, 0.3) is 5.91 Å². The summed E-state index contributed by atoms with van der Waals surface area (Å²) in [7, 11) is 0. The number of quaternary nitrogens is 1. The molecule has 1 aliphatic rings. The van der Waals surface area contributed by atoms with Crippen LogP contribution in [0.3, 0.4) is 0 Å². The monoisotopic (exact) mass is 327 g/mol. The number of carbonyl (C=O) groups is 1. The lowest BCUT2D eigenvalue weighted by molar-refractivity contribution is -0.692. The maximum absolute atomic E-state index is 13.1. The molecule has 2 N–H and O–H groups in total. The van der Waals surface area contributed by atoms with Gasteiger partial charge in [-0.1, -0.05) is 44.2 Å². The molecule has 0 spiro atoms. The van der Waals surface area contributed by atoms with Crippen molar-refractivity contribution in [3.05, 3.63) is 65.5 Å². The molecular formula is C20H24FN2O+. The highest BCUT2D eigenvalue weighted by Crippen LogP contribution is 2.27. The van der Waals surface area contributed by atoms with Crippen LogP contribution in [0.15, 0.2) is 48.5 Å². The van der Waals surface area contributed by atoms with Crippen molar-refractivity contribution in [2.24, 2.45) is 5.92 Å². The molecule has 126 valence electrons. The van der Waals surface area contributed by atoms with E-state index in [4.69, 9.17) is 0 Å². The zero-order valence-electron chi connectivity index (χ0n) is 14.2. The number of hydrogen-bond donors (Lipinski definition) is 1. The minimum Gasteiger partial charge on any atom is -0.332 e. The van der Waals surface area contributed by atoms with Crippen LogP contribution < -0.4 is 10.2 Å². The number of rotatable bonds is 5. The van der Waals surface area contributed by atoms with Crippen LogP contribution in [0.4, 0.5) is 10.1 Å². The van der Waals surface area contributed by atoms with Crippen molar-refractivity contribution in [1.82, 2.24) is 0 Å². The first-order valence-corrected chi connectivity index (χ1v) is 8.53. The summed E-state index contributed by atoms with van der Waals surface area (Å²) in [5, 5.41) is 2.07. The third kappa shape index (κ3) is 3.49. The van der Waals surface area contributed by atoms with E-state index in [1.54, 1.807) is 0 Å². The highest BCUT2D eigenvalue weighted by molar-refractivity contribution is 5.96. The van der Waals surface area contributed by atoms with Gasteiger partial charge in [-0.3, -0.25) is 4.79 Å². The van der Waals surface area contributed by atoms with Gasteiger partial charge in [0.1, 0.15) is 11.9 Å². The summed E-state index contributed by atoms with van der Waals surface area (Å²) in [5.41, 5.74) is 3.34. The average Bonchev–Trinajstić information content (AvgIpc) is 3.00. The molecule has 3 nitrogen and oxygen atoms in total. The fourth-order valence-electron chi connectivity index (χ4n) is 3.41. The van der Waals surface area contributed by atoms with E-state index in [1.807, 2.05) is 35.2 Å². The van der Waals surface area contributed by atoms with Gasteiger partial charge in [-0.25, -0.2) is 4.39 Å². The molecule has 1 aliphatic heterocycles. The summed E-state index contributed by atoms with van der Waals surface area (Å²) in [6.45, 7) is 5.41. The molecule has 24 heavy (non-hydrogen) atoms. The molecule has 1 amide bonds. The van der Waals surface area contributed by atoms with Gasteiger partial charge in [0, 0.05) is 23.7 Å². The fraction of sp³-hybridized carbons (Fsp3) is 0.350. The van der Waals surface area contributed by atoms with Crippen LogP contribution in [0.2, 0.25) is 0 Å². The normalized spacial score (nSPS) is 14.8. The highest BCUT2D eigenvalue weighted by atomic mass is 19.1. The Kier molecular flexibility index (Phi) is 4.95. The van der Waals surface area contributed by atoms with Gasteiger partial charge in [-0.05, 0) is 30.2 Å². The second kappa shape index (κ2) is 7.14. The number of fused-ring (bicyclic) bond motifs is 1. The quantitative estimate of drug-likeness (QED) is 0.901. The predicted octanol–water partition coefficient (Wildman–Crippen LogP) is 2.68. The molecule has 1 heterocycles. The van der Waals surface area contributed by atoms with Crippen molar-refractivity contribution < 1.29 is 14.5 Å². The third-order valence-electron chi connectivity index (χ3n) is 4.71. The minimum atomic E-state index is -0.231. The maximum atomic E-state index is 13.1. The number of benzene rings is 2. The smallest absolute Gasteiger partial charge is 0.282 e. The predicted molar refractivity (Wildman–Crippen MR) is 93.3 cm³/mol. The molecule has 0 radical (unpaired) electrons. The maximum Gasteiger partial charge on any atom is 0.282 e. The molecule has 1 atom stereocenters. The molecule has 0 bridgehead atoms. The van der Waals surface area contributed by atoms with Crippen LogP contribution in [0, 0.1) is 11.7 Å². The Balaban J connectivity index is 1.67. The Bertz CT molecular complexity index is 712. The Labute approximate surface area is 142 Å². The number of nitrogens with zero attached hydrogens (tertiary/aromatic N) is 1. The Hall–Kier alpha value is -2.20. The van der Waals surface area contributed by atoms with E-state index < -0.39 is 0 Å². The van der Waals surface area contributed by atoms with Crippen LogP contribution in [-0.2, 0) is 11.2 Å². The number of hydrogen-bond acceptors (Lipinski definition) is 1. The van der Waals surface area contributed by atoms with Gasteiger partial charge >= 0.3 is 0 Å². The van der Waals surface area contributed by atoms with Crippen LogP contribution in [0.25, 0.3) is 0 Å². The van der Waals surface area contributed by atoms with Crippen molar-refractivity contribution in [1.29, 1.82) is 0 Å². The van der Waals surface area contributed by atoms with Crippen molar-refractivity contribution in [2.45, 2.75) is 26.3 Å². The lowest BCUT2D eigenvalue weighted by Gasteiger charge is -2.22. The first-order chi connectivity index (χ1) is 11.6. The zero-order chi connectivity index (χ0) is 17.1. The van der Waals surface area contributed by atoms with Gasteiger partial charge in [0.2, 0.25) is 0 Å². The molecule has 0 unspecified atom stereocenters. The van der Waals surface area contributed by atoms with Gasteiger partial charge in [0.05, 0.1) is 0 Å². The van der Waals surface area contributed by atoms with Crippen molar-refractivity contribution >= 4 is 11.6 Å². The van der Waals surface area contributed by atoms with E-state index in [0.717, 1.165) is 24.2 Å². The molecule has 0 fully saturated rings.